The number of carbonyl (C=O) groups is 2. The summed E-state index contributed by atoms with van der Waals surface area (Å²) in [6, 6.07) is 19.4. The van der Waals surface area contributed by atoms with Crippen molar-refractivity contribution in [3.8, 4) is 17.2 Å². The molecule has 1 amide bonds. The van der Waals surface area contributed by atoms with Crippen LogP contribution in [0.2, 0.25) is 0 Å². The topological polar surface area (TPSA) is 94.5 Å². The molecule has 3 aromatic rings. The van der Waals surface area contributed by atoms with Crippen molar-refractivity contribution in [1.29, 1.82) is 0 Å². The predicted octanol–water partition coefficient (Wildman–Crippen LogP) is 5.05. The quantitative estimate of drug-likeness (QED) is 0.210. The molecule has 0 spiro atoms. The number of rotatable bonds is 11. The lowest BCUT2D eigenvalue weighted by molar-refractivity contribution is -0.140. The maximum absolute atomic E-state index is 13.3. The first-order valence-electron chi connectivity index (χ1n) is 12.7. The molecule has 1 heterocycles. The molecule has 204 valence electrons. The van der Waals surface area contributed by atoms with Crippen LogP contribution in [-0.4, -0.2) is 55.7 Å². The molecule has 3 aromatic carbocycles. The number of methoxy groups -OCH3 is 2. The van der Waals surface area contributed by atoms with Crippen LogP contribution in [0.25, 0.3) is 5.76 Å². The average molecular weight is 532 g/mol. The number of hydrogen-bond donors (Lipinski definition) is 1. The molecule has 0 aromatic heterocycles. The first-order valence-corrected chi connectivity index (χ1v) is 12.7. The van der Waals surface area contributed by atoms with Gasteiger partial charge in [-0.15, -0.1) is 0 Å². The third-order valence-electron chi connectivity index (χ3n) is 6.57. The van der Waals surface area contributed by atoms with Crippen LogP contribution in [0.3, 0.4) is 0 Å². The van der Waals surface area contributed by atoms with Gasteiger partial charge in [-0.05, 0) is 60.9 Å². The minimum atomic E-state index is -0.834. The Kier molecular flexibility index (Phi) is 8.88. The number of Topliss-reactive ketones (excluding diaryl/α,β-unsaturated/α-hetero) is 1. The fourth-order valence-corrected chi connectivity index (χ4v) is 4.63. The second kappa shape index (κ2) is 12.5. The summed E-state index contributed by atoms with van der Waals surface area (Å²) in [5, 5.41) is 11.4. The van der Waals surface area contributed by atoms with Crippen LogP contribution >= 0.6 is 0 Å². The lowest BCUT2D eigenvalue weighted by Gasteiger charge is -2.25. The van der Waals surface area contributed by atoms with Crippen molar-refractivity contribution >= 4 is 17.4 Å². The molecule has 1 aliphatic rings. The third kappa shape index (κ3) is 5.91. The number of aryl methyl sites for hydroxylation is 1. The van der Waals surface area contributed by atoms with Gasteiger partial charge in [0.15, 0.2) is 11.5 Å². The highest BCUT2D eigenvalue weighted by atomic mass is 16.5. The van der Waals surface area contributed by atoms with Gasteiger partial charge in [0.2, 0.25) is 0 Å². The van der Waals surface area contributed by atoms with E-state index in [4.69, 9.17) is 18.9 Å². The van der Waals surface area contributed by atoms with Crippen LogP contribution in [0.1, 0.15) is 35.2 Å². The summed E-state index contributed by atoms with van der Waals surface area (Å²) in [6.07, 6.45) is 0. The van der Waals surface area contributed by atoms with E-state index in [-0.39, 0.29) is 24.5 Å². The number of aliphatic hydroxyl groups excluding tert-OH is 1. The molecule has 1 N–H and O–H groups in total. The van der Waals surface area contributed by atoms with Gasteiger partial charge in [-0.3, -0.25) is 9.59 Å². The van der Waals surface area contributed by atoms with E-state index >= 15 is 0 Å². The number of likely N-dealkylation sites (tertiary alicyclic amines) is 1. The molecule has 1 atom stereocenters. The highest BCUT2D eigenvalue weighted by Crippen LogP contribution is 2.42. The number of amides is 1. The Hall–Kier alpha value is -4.30. The van der Waals surface area contributed by atoms with Gasteiger partial charge in [0, 0.05) is 19.2 Å². The standard InChI is InChI=1S/C31H33NO7/c1-5-38-26-18-22(11-14-25(26)37-4)28-27(30(34)31(35)32(28)15-16-36-3)29(33)23-12-13-24(20(2)17-23)39-19-21-9-7-6-8-10-21/h6-14,17-18,28,33H,5,15-16,19H2,1-4H3/b29-27-. The largest absolute Gasteiger partial charge is 0.507 e. The van der Waals surface area contributed by atoms with Gasteiger partial charge in [-0.2, -0.15) is 0 Å². The Morgan fingerprint density at radius 3 is 2.33 bits per heavy atom. The summed E-state index contributed by atoms with van der Waals surface area (Å²) in [6.45, 7) is 4.92. The Morgan fingerprint density at radius 2 is 1.67 bits per heavy atom. The second-order valence-corrected chi connectivity index (χ2v) is 9.08. The third-order valence-corrected chi connectivity index (χ3v) is 6.57. The van der Waals surface area contributed by atoms with Gasteiger partial charge in [0.05, 0.1) is 31.9 Å². The van der Waals surface area contributed by atoms with Crippen molar-refractivity contribution in [2.24, 2.45) is 0 Å². The zero-order valence-electron chi connectivity index (χ0n) is 22.6. The van der Waals surface area contributed by atoms with Crippen molar-refractivity contribution in [1.82, 2.24) is 4.90 Å². The summed E-state index contributed by atoms with van der Waals surface area (Å²) in [5.41, 5.74) is 2.83. The van der Waals surface area contributed by atoms with Crippen LogP contribution in [0.4, 0.5) is 0 Å². The molecule has 1 aliphatic heterocycles. The summed E-state index contributed by atoms with van der Waals surface area (Å²) >= 11 is 0. The smallest absolute Gasteiger partial charge is 0.295 e. The normalized spacial score (nSPS) is 16.4. The van der Waals surface area contributed by atoms with E-state index in [0.717, 1.165) is 11.1 Å². The SMILES string of the molecule is CCOc1cc(C2/C(=C(/O)c3ccc(OCc4ccccc4)c(C)c3)C(=O)C(=O)N2CCOC)ccc1OC. The first kappa shape index (κ1) is 27.7. The van der Waals surface area contributed by atoms with Gasteiger partial charge < -0.3 is 29.0 Å². The van der Waals surface area contributed by atoms with Crippen LogP contribution in [0.15, 0.2) is 72.3 Å². The molecule has 1 saturated heterocycles. The summed E-state index contributed by atoms with van der Waals surface area (Å²) in [5.74, 6) is -0.0631. The average Bonchev–Trinajstić information content (AvgIpc) is 3.20. The van der Waals surface area contributed by atoms with E-state index in [1.807, 2.05) is 44.2 Å². The number of aliphatic hydroxyl groups is 1. The first-order chi connectivity index (χ1) is 18.9. The van der Waals surface area contributed by atoms with E-state index in [9.17, 15) is 14.7 Å². The molecule has 8 heteroatoms. The number of nitrogens with zero attached hydrogens (tertiary/aromatic N) is 1. The number of benzene rings is 3. The Bertz CT molecular complexity index is 1370. The van der Waals surface area contributed by atoms with E-state index in [2.05, 4.69) is 0 Å². The number of carbonyl (C=O) groups excluding carboxylic acids is 2. The monoisotopic (exact) mass is 531 g/mol. The fourth-order valence-electron chi connectivity index (χ4n) is 4.63. The summed E-state index contributed by atoms with van der Waals surface area (Å²) < 4.78 is 22.3. The number of hydrogen-bond acceptors (Lipinski definition) is 7. The zero-order chi connectivity index (χ0) is 27.9. The van der Waals surface area contributed by atoms with Crippen molar-refractivity contribution in [2.75, 3.05) is 34.0 Å². The van der Waals surface area contributed by atoms with Crippen molar-refractivity contribution < 1.29 is 33.6 Å². The minimum Gasteiger partial charge on any atom is -0.507 e. The predicted molar refractivity (Wildman–Crippen MR) is 147 cm³/mol. The lowest BCUT2D eigenvalue weighted by atomic mass is 9.94. The number of ketones is 1. The molecule has 39 heavy (non-hydrogen) atoms. The second-order valence-electron chi connectivity index (χ2n) is 9.08. The van der Waals surface area contributed by atoms with Crippen molar-refractivity contribution in [2.45, 2.75) is 26.5 Å². The summed E-state index contributed by atoms with van der Waals surface area (Å²) in [7, 11) is 3.06. The Labute approximate surface area is 228 Å². The molecule has 4 rings (SSSR count). The van der Waals surface area contributed by atoms with Gasteiger partial charge >= 0.3 is 0 Å². The van der Waals surface area contributed by atoms with Crippen molar-refractivity contribution in [3.63, 3.8) is 0 Å². The molecule has 0 radical (unpaired) electrons. The molecular weight excluding hydrogens is 498 g/mol. The number of ether oxygens (including phenoxy) is 4. The lowest BCUT2D eigenvalue weighted by Crippen LogP contribution is -2.32. The van der Waals surface area contributed by atoms with E-state index in [0.29, 0.717) is 41.6 Å². The van der Waals surface area contributed by atoms with Gasteiger partial charge in [0.25, 0.3) is 11.7 Å². The zero-order valence-corrected chi connectivity index (χ0v) is 22.6. The van der Waals surface area contributed by atoms with Crippen LogP contribution in [-0.2, 0) is 20.9 Å². The van der Waals surface area contributed by atoms with E-state index in [1.54, 1.807) is 36.4 Å². The highest BCUT2D eigenvalue weighted by molar-refractivity contribution is 6.46. The van der Waals surface area contributed by atoms with E-state index in [1.165, 1.54) is 19.1 Å². The molecule has 1 unspecified atom stereocenters. The Balaban J connectivity index is 1.74. The van der Waals surface area contributed by atoms with Gasteiger partial charge in [-0.1, -0.05) is 36.4 Å². The molecule has 0 saturated carbocycles. The molecule has 0 bridgehead atoms. The molecular formula is C31H33NO7. The molecule has 0 aliphatic carbocycles. The van der Waals surface area contributed by atoms with Gasteiger partial charge in [-0.25, -0.2) is 0 Å². The maximum Gasteiger partial charge on any atom is 0.295 e. The van der Waals surface area contributed by atoms with Crippen LogP contribution in [0, 0.1) is 6.92 Å². The maximum atomic E-state index is 13.3. The van der Waals surface area contributed by atoms with Crippen LogP contribution < -0.4 is 14.2 Å². The van der Waals surface area contributed by atoms with E-state index < -0.39 is 17.7 Å². The van der Waals surface area contributed by atoms with Crippen LogP contribution in [0.5, 0.6) is 17.2 Å². The highest BCUT2D eigenvalue weighted by Gasteiger charge is 2.46. The molecule has 1 fully saturated rings. The van der Waals surface area contributed by atoms with Gasteiger partial charge in [0.1, 0.15) is 18.1 Å². The fraction of sp³-hybridized carbons (Fsp3) is 0.290. The summed E-state index contributed by atoms with van der Waals surface area (Å²) in [4.78, 5) is 27.8. The van der Waals surface area contributed by atoms with Crippen molar-refractivity contribution in [3.05, 3.63) is 94.6 Å². The Morgan fingerprint density at radius 1 is 0.923 bits per heavy atom. The molecule has 8 nitrogen and oxygen atoms in total. The minimum absolute atomic E-state index is 0.000993.